The van der Waals surface area contributed by atoms with Crippen molar-refractivity contribution in [1.82, 2.24) is 10.2 Å². The third-order valence-electron chi connectivity index (χ3n) is 4.38. The van der Waals surface area contributed by atoms with Crippen LogP contribution in [0.5, 0.6) is 0 Å². The predicted octanol–water partition coefficient (Wildman–Crippen LogP) is 3.56. The molecule has 2 rings (SSSR count). The molecule has 0 fully saturated rings. The van der Waals surface area contributed by atoms with E-state index in [4.69, 9.17) is 0 Å². The number of carbonyl (C=O) groups excluding carboxylic acids is 2. The number of rotatable bonds is 9. The predicted molar refractivity (Wildman–Crippen MR) is 105 cm³/mol. The molecule has 4 nitrogen and oxygen atoms in total. The molecule has 0 saturated carbocycles. The van der Waals surface area contributed by atoms with Crippen molar-refractivity contribution in [3.05, 3.63) is 71.8 Å². The highest BCUT2D eigenvalue weighted by atomic mass is 16.2. The summed E-state index contributed by atoms with van der Waals surface area (Å²) in [7, 11) is 0. The Kier molecular flexibility index (Phi) is 7.87. The van der Waals surface area contributed by atoms with E-state index in [9.17, 15) is 9.59 Å². The van der Waals surface area contributed by atoms with Gasteiger partial charge in [0.05, 0.1) is 0 Å². The third kappa shape index (κ3) is 6.03. The van der Waals surface area contributed by atoms with Crippen LogP contribution >= 0.6 is 0 Å². The lowest BCUT2D eigenvalue weighted by molar-refractivity contribution is -0.140. The summed E-state index contributed by atoms with van der Waals surface area (Å²) in [4.78, 5) is 26.8. The van der Waals surface area contributed by atoms with Gasteiger partial charge in [-0.05, 0) is 30.9 Å². The molecule has 0 aliphatic carbocycles. The molecule has 2 aromatic rings. The van der Waals surface area contributed by atoms with E-state index in [-0.39, 0.29) is 11.8 Å². The van der Waals surface area contributed by atoms with E-state index in [1.807, 2.05) is 67.6 Å². The fourth-order valence-corrected chi connectivity index (χ4v) is 2.84. The number of nitrogens with one attached hydrogen (secondary N) is 1. The molecular formula is C22H28N2O2. The third-order valence-corrected chi connectivity index (χ3v) is 4.38. The summed E-state index contributed by atoms with van der Waals surface area (Å²) in [6.07, 6.45) is 2.00. The minimum Gasteiger partial charge on any atom is -0.354 e. The monoisotopic (exact) mass is 352 g/mol. The summed E-state index contributed by atoms with van der Waals surface area (Å²) in [6, 6.07) is 19.3. The SMILES string of the molecule is CCCC(=O)N(Cc1ccccc1)C(C)C(=O)NCCc1ccccc1. The normalized spacial score (nSPS) is 11.6. The van der Waals surface area contributed by atoms with Crippen LogP contribution in [0.4, 0.5) is 0 Å². The zero-order chi connectivity index (χ0) is 18.8. The Morgan fingerprint density at radius 2 is 1.54 bits per heavy atom. The van der Waals surface area contributed by atoms with Gasteiger partial charge in [-0.1, -0.05) is 67.6 Å². The highest BCUT2D eigenvalue weighted by molar-refractivity contribution is 5.87. The van der Waals surface area contributed by atoms with Crippen LogP contribution in [0.1, 0.15) is 37.8 Å². The summed E-state index contributed by atoms with van der Waals surface area (Å²) < 4.78 is 0. The number of carbonyl (C=O) groups is 2. The highest BCUT2D eigenvalue weighted by Gasteiger charge is 2.25. The zero-order valence-electron chi connectivity index (χ0n) is 15.7. The van der Waals surface area contributed by atoms with Crippen LogP contribution in [0, 0.1) is 0 Å². The number of hydrogen-bond donors (Lipinski definition) is 1. The number of hydrogen-bond acceptors (Lipinski definition) is 2. The van der Waals surface area contributed by atoms with E-state index in [0.29, 0.717) is 19.5 Å². The fourth-order valence-electron chi connectivity index (χ4n) is 2.84. The standard InChI is InChI=1S/C22H28N2O2/c1-3-10-21(25)24(17-20-13-8-5-9-14-20)18(2)22(26)23-16-15-19-11-6-4-7-12-19/h4-9,11-14,18H,3,10,15-17H2,1-2H3,(H,23,26). The topological polar surface area (TPSA) is 49.4 Å². The smallest absolute Gasteiger partial charge is 0.242 e. The average Bonchev–Trinajstić information content (AvgIpc) is 2.67. The molecule has 0 aliphatic rings. The van der Waals surface area contributed by atoms with Gasteiger partial charge >= 0.3 is 0 Å². The van der Waals surface area contributed by atoms with E-state index in [1.54, 1.807) is 11.8 Å². The van der Waals surface area contributed by atoms with Crippen molar-refractivity contribution >= 4 is 11.8 Å². The van der Waals surface area contributed by atoms with Crippen LogP contribution in [0.3, 0.4) is 0 Å². The van der Waals surface area contributed by atoms with Crippen molar-refractivity contribution in [2.24, 2.45) is 0 Å². The van der Waals surface area contributed by atoms with Gasteiger partial charge < -0.3 is 10.2 Å². The summed E-state index contributed by atoms with van der Waals surface area (Å²) in [6.45, 7) is 4.79. The Bertz CT molecular complexity index is 686. The first kappa shape index (κ1) is 19.7. The van der Waals surface area contributed by atoms with Gasteiger partial charge in [-0.15, -0.1) is 0 Å². The van der Waals surface area contributed by atoms with E-state index < -0.39 is 6.04 Å². The molecule has 0 spiro atoms. The maximum absolute atomic E-state index is 12.6. The summed E-state index contributed by atoms with van der Waals surface area (Å²) in [5, 5.41) is 2.96. The largest absolute Gasteiger partial charge is 0.354 e. The molecule has 0 aliphatic heterocycles. The molecule has 0 bridgehead atoms. The molecule has 4 heteroatoms. The van der Waals surface area contributed by atoms with Gasteiger partial charge in [0.25, 0.3) is 0 Å². The molecule has 0 saturated heterocycles. The van der Waals surface area contributed by atoms with Crippen molar-refractivity contribution in [1.29, 1.82) is 0 Å². The molecule has 1 atom stereocenters. The summed E-state index contributed by atoms with van der Waals surface area (Å²) in [5.41, 5.74) is 2.21. The van der Waals surface area contributed by atoms with Gasteiger partial charge in [-0.3, -0.25) is 9.59 Å². The Morgan fingerprint density at radius 3 is 2.12 bits per heavy atom. The fraction of sp³-hybridized carbons (Fsp3) is 0.364. The summed E-state index contributed by atoms with van der Waals surface area (Å²) >= 11 is 0. The van der Waals surface area contributed by atoms with Gasteiger partial charge in [0.2, 0.25) is 11.8 Å². The van der Waals surface area contributed by atoms with Crippen LogP contribution in [-0.2, 0) is 22.6 Å². The van der Waals surface area contributed by atoms with E-state index >= 15 is 0 Å². The second-order valence-electron chi connectivity index (χ2n) is 6.46. The van der Waals surface area contributed by atoms with Gasteiger partial charge in [-0.25, -0.2) is 0 Å². The minimum atomic E-state index is -0.495. The van der Waals surface area contributed by atoms with Crippen LogP contribution < -0.4 is 5.32 Å². The highest BCUT2D eigenvalue weighted by Crippen LogP contribution is 2.11. The molecule has 2 amide bonds. The van der Waals surface area contributed by atoms with E-state index in [2.05, 4.69) is 5.32 Å². The number of amides is 2. The quantitative estimate of drug-likeness (QED) is 0.750. The van der Waals surface area contributed by atoms with Crippen molar-refractivity contribution in [2.75, 3.05) is 6.54 Å². The molecule has 138 valence electrons. The van der Waals surface area contributed by atoms with Gasteiger partial charge in [0.1, 0.15) is 6.04 Å². The molecular weight excluding hydrogens is 324 g/mol. The van der Waals surface area contributed by atoms with Crippen LogP contribution in [-0.4, -0.2) is 29.3 Å². The Morgan fingerprint density at radius 1 is 0.962 bits per heavy atom. The molecule has 1 N–H and O–H groups in total. The lowest BCUT2D eigenvalue weighted by Gasteiger charge is -2.28. The zero-order valence-corrected chi connectivity index (χ0v) is 15.7. The van der Waals surface area contributed by atoms with Crippen molar-refractivity contribution < 1.29 is 9.59 Å². The molecule has 0 heterocycles. The first-order chi connectivity index (χ1) is 12.6. The average molecular weight is 352 g/mol. The van der Waals surface area contributed by atoms with Crippen LogP contribution in [0.15, 0.2) is 60.7 Å². The Balaban J connectivity index is 1.96. The Hall–Kier alpha value is -2.62. The van der Waals surface area contributed by atoms with Gasteiger partial charge in [0.15, 0.2) is 0 Å². The van der Waals surface area contributed by atoms with Crippen molar-refractivity contribution in [3.8, 4) is 0 Å². The molecule has 0 radical (unpaired) electrons. The molecule has 0 aromatic heterocycles. The van der Waals surface area contributed by atoms with E-state index in [0.717, 1.165) is 18.4 Å². The Labute approximate surface area is 156 Å². The van der Waals surface area contributed by atoms with Gasteiger partial charge in [-0.2, -0.15) is 0 Å². The number of benzene rings is 2. The van der Waals surface area contributed by atoms with Crippen LogP contribution in [0.25, 0.3) is 0 Å². The van der Waals surface area contributed by atoms with E-state index in [1.165, 1.54) is 5.56 Å². The van der Waals surface area contributed by atoms with Crippen molar-refractivity contribution in [2.45, 2.75) is 45.7 Å². The van der Waals surface area contributed by atoms with Gasteiger partial charge in [0, 0.05) is 19.5 Å². The minimum absolute atomic E-state index is 0.0158. The van der Waals surface area contributed by atoms with Crippen LogP contribution in [0.2, 0.25) is 0 Å². The van der Waals surface area contributed by atoms with Crippen molar-refractivity contribution in [3.63, 3.8) is 0 Å². The second kappa shape index (κ2) is 10.4. The summed E-state index contributed by atoms with van der Waals surface area (Å²) in [5.74, 6) is -0.0941. The lowest BCUT2D eigenvalue weighted by atomic mass is 10.1. The molecule has 26 heavy (non-hydrogen) atoms. The first-order valence-electron chi connectivity index (χ1n) is 9.26. The lowest BCUT2D eigenvalue weighted by Crippen LogP contribution is -2.47. The first-order valence-corrected chi connectivity index (χ1v) is 9.26. The second-order valence-corrected chi connectivity index (χ2v) is 6.46. The molecule has 1 unspecified atom stereocenters. The maximum Gasteiger partial charge on any atom is 0.242 e. The number of nitrogens with zero attached hydrogens (tertiary/aromatic N) is 1. The molecule has 2 aromatic carbocycles. The maximum atomic E-state index is 12.6.